The quantitative estimate of drug-likeness (QED) is 0.0222. The summed E-state index contributed by atoms with van der Waals surface area (Å²) in [6, 6.07) is 0. The van der Waals surface area contributed by atoms with Crippen molar-refractivity contribution in [3.05, 3.63) is 0 Å². The Bertz CT molecular complexity index is 1820. The van der Waals surface area contributed by atoms with Crippen LogP contribution in [0.5, 0.6) is 0 Å². The van der Waals surface area contributed by atoms with Crippen LogP contribution in [-0.2, 0) is 65.4 Å². The average molecular weight is 1400 g/mol. The lowest BCUT2D eigenvalue weighted by atomic mass is 10.0. The van der Waals surface area contributed by atoms with Gasteiger partial charge in [-0.05, 0) is 31.6 Å². The van der Waals surface area contributed by atoms with Crippen LogP contribution in [0.1, 0.15) is 401 Å². The zero-order valence-corrected chi connectivity index (χ0v) is 63.6. The summed E-state index contributed by atoms with van der Waals surface area (Å²) >= 11 is 0. The molecule has 0 aromatic carbocycles. The summed E-state index contributed by atoms with van der Waals surface area (Å²) in [5.74, 6) is -1.43. The Hall–Kier alpha value is -1.94. The van der Waals surface area contributed by atoms with E-state index < -0.39 is 97.5 Å². The molecule has 0 aromatic heterocycles. The molecule has 5 atom stereocenters. The van der Waals surface area contributed by atoms with Crippen LogP contribution in [0.25, 0.3) is 0 Å². The minimum atomic E-state index is -4.96. The molecule has 0 amide bonds. The number of ether oxygens (including phenoxy) is 4. The standard InChI is InChI=1S/C76H148O17P2/c1-6-9-12-15-18-21-24-27-29-31-32-34-36-39-42-45-52-57-62-76(81)92-71(65-86-73(78)59-54-49-43-40-38-35-33-30-28-25-22-19-16-13-10-7-2)67-90-94(82,83)88-63-70(77)64-89-95(84,85)91-68-72(66-87-74(79)60-55-50-47-46-48-53-58-69(4)5)93-75(80)61-56-51-44-41-37-26-23-20-17-14-11-8-3/h69-72,77H,6-68H2,1-5H3,(H,82,83)(H,84,85)/t70-,71-,72-/m1/s1. The van der Waals surface area contributed by atoms with E-state index in [2.05, 4.69) is 34.6 Å². The van der Waals surface area contributed by atoms with E-state index in [1.165, 1.54) is 218 Å². The Labute approximate surface area is 581 Å². The van der Waals surface area contributed by atoms with Gasteiger partial charge >= 0.3 is 39.5 Å². The smallest absolute Gasteiger partial charge is 0.462 e. The van der Waals surface area contributed by atoms with Crippen LogP contribution in [0.4, 0.5) is 0 Å². The maximum Gasteiger partial charge on any atom is 0.472 e. The summed E-state index contributed by atoms with van der Waals surface area (Å²) in [4.78, 5) is 72.8. The van der Waals surface area contributed by atoms with E-state index in [9.17, 15) is 43.2 Å². The third-order valence-corrected chi connectivity index (χ3v) is 19.7. The molecule has 3 N–H and O–H groups in total. The molecular weight excluding hydrogens is 1250 g/mol. The summed E-state index contributed by atoms with van der Waals surface area (Å²) in [5.41, 5.74) is 0. The molecule has 2 unspecified atom stereocenters. The zero-order chi connectivity index (χ0) is 69.8. The van der Waals surface area contributed by atoms with Crippen LogP contribution >= 0.6 is 15.6 Å². The number of esters is 4. The lowest BCUT2D eigenvalue weighted by molar-refractivity contribution is -0.161. The molecule has 0 radical (unpaired) electrons. The number of carbonyl (C=O) groups is 4. The fourth-order valence-corrected chi connectivity index (χ4v) is 13.3. The zero-order valence-electron chi connectivity index (χ0n) is 61.8. The van der Waals surface area contributed by atoms with E-state index in [-0.39, 0.29) is 25.7 Å². The average Bonchev–Trinajstić information content (AvgIpc) is 1.35. The van der Waals surface area contributed by atoms with Gasteiger partial charge in [0.25, 0.3) is 0 Å². The first-order chi connectivity index (χ1) is 46.0. The summed E-state index contributed by atoms with van der Waals surface area (Å²) < 4.78 is 68.5. The van der Waals surface area contributed by atoms with Crippen molar-refractivity contribution in [2.45, 2.75) is 419 Å². The molecule has 19 heteroatoms. The van der Waals surface area contributed by atoms with Gasteiger partial charge in [-0.2, -0.15) is 0 Å². The molecule has 0 aromatic rings. The fourth-order valence-electron chi connectivity index (χ4n) is 11.7. The number of phosphoric ester groups is 2. The highest BCUT2D eigenvalue weighted by Crippen LogP contribution is 2.45. The van der Waals surface area contributed by atoms with Crippen molar-refractivity contribution < 1.29 is 80.2 Å². The predicted molar refractivity (Wildman–Crippen MR) is 386 cm³/mol. The van der Waals surface area contributed by atoms with Crippen LogP contribution in [0.3, 0.4) is 0 Å². The molecule has 0 aliphatic rings. The van der Waals surface area contributed by atoms with E-state index >= 15 is 0 Å². The molecule has 0 heterocycles. The number of hydrogen-bond donors (Lipinski definition) is 3. The Morgan fingerprint density at radius 1 is 0.284 bits per heavy atom. The topological polar surface area (TPSA) is 237 Å². The second-order valence-electron chi connectivity index (χ2n) is 27.9. The van der Waals surface area contributed by atoms with Gasteiger partial charge in [-0.25, -0.2) is 9.13 Å². The van der Waals surface area contributed by atoms with E-state index in [0.29, 0.717) is 31.6 Å². The van der Waals surface area contributed by atoms with Crippen molar-refractivity contribution in [2.75, 3.05) is 39.6 Å². The minimum absolute atomic E-state index is 0.107. The van der Waals surface area contributed by atoms with Crippen molar-refractivity contribution in [1.82, 2.24) is 0 Å². The number of phosphoric acid groups is 2. The lowest BCUT2D eigenvalue weighted by Crippen LogP contribution is -2.30. The third-order valence-electron chi connectivity index (χ3n) is 17.8. The normalized spacial score (nSPS) is 13.9. The summed E-state index contributed by atoms with van der Waals surface area (Å²) in [6.07, 6.45) is 58.4. The molecule has 0 saturated heterocycles. The van der Waals surface area contributed by atoms with Gasteiger partial charge in [0.1, 0.15) is 19.3 Å². The maximum absolute atomic E-state index is 13.1. The van der Waals surface area contributed by atoms with Crippen molar-refractivity contribution in [1.29, 1.82) is 0 Å². The second-order valence-corrected chi connectivity index (χ2v) is 30.8. The molecule has 0 bridgehead atoms. The maximum atomic E-state index is 13.1. The molecule has 0 aliphatic carbocycles. The molecule has 0 spiro atoms. The summed E-state index contributed by atoms with van der Waals surface area (Å²) in [5, 5.41) is 10.6. The molecule has 0 rings (SSSR count). The van der Waals surface area contributed by atoms with Crippen LogP contribution in [-0.4, -0.2) is 96.7 Å². The highest BCUT2D eigenvalue weighted by atomic mass is 31.2. The van der Waals surface area contributed by atoms with Crippen molar-refractivity contribution in [3.63, 3.8) is 0 Å². The Morgan fingerprint density at radius 3 is 0.716 bits per heavy atom. The van der Waals surface area contributed by atoms with Crippen LogP contribution < -0.4 is 0 Å². The van der Waals surface area contributed by atoms with E-state index in [4.69, 9.17) is 37.0 Å². The van der Waals surface area contributed by atoms with Gasteiger partial charge in [-0.1, -0.05) is 349 Å². The van der Waals surface area contributed by atoms with E-state index in [1.54, 1.807) is 0 Å². The van der Waals surface area contributed by atoms with Gasteiger partial charge in [0.05, 0.1) is 26.4 Å². The van der Waals surface area contributed by atoms with Gasteiger partial charge in [0, 0.05) is 25.7 Å². The lowest BCUT2D eigenvalue weighted by Gasteiger charge is -2.21. The summed E-state index contributed by atoms with van der Waals surface area (Å²) in [7, 11) is -9.91. The highest BCUT2D eigenvalue weighted by molar-refractivity contribution is 7.47. The fraction of sp³-hybridized carbons (Fsp3) is 0.947. The molecular formula is C76H148O17P2. The van der Waals surface area contributed by atoms with Crippen molar-refractivity contribution >= 4 is 39.5 Å². The van der Waals surface area contributed by atoms with Crippen LogP contribution in [0.15, 0.2) is 0 Å². The first-order valence-electron chi connectivity index (χ1n) is 39.6. The van der Waals surface area contributed by atoms with E-state index in [0.717, 1.165) is 96.3 Å². The molecule has 0 fully saturated rings. The first-order valence-corrected chi connectivity index (χ1v) is 42.6. The number of aliphatic hydroxyl groups is 1. The number of aliphatic hydroxyl groups excluding tert-OH is 1. The Kier molecular flexibility index (Phi) is 67.7. The first kappa shape index (κ1) is 93.1. The number of carbonyl (C=O) groups excluding carboxylic acids is 4. The van der Waals surface area contributed by atoms with Gasteiger partial charge in [0.15, 0.2) is 12.2 Å². The van der Waals surface area contributed by atoms with Gasteiger partial charge < -0.3 is 33.8 Å². The second kappa shape index (κ2) is 69.2. The van der Waals surface area contributed by atoms with Gasteiger partial charge in [0.2, 0.25) is 0 Å². The van der Waals surface area contributed by atoms with Gasteiger partial charge in [-0.15, -0.1) is 0 Å². The molecule has 17 nitrogen and oxygen atoms in total. The Morgan fingerprint density at radius 2 is 0.484 bits per heavy atom. The Balaban J connectivity index is 5.22. The van der Waals surface area contributed by atoms with Gasteiger partial charge in [-0.3, -0.25) is 37.3 Å². The SMILES string of the molecule is CCCCCCCCCCCCCCCCCCCCC(=O)O[C@H](COC(=O)CCCCCCCCCCCCCCCCCC)COP(=O)(O)OC[C@@H](O)COP(=O)(O)OC[C@@H](COC(=O)CCCCCCCCC(C)C)OC(=O)CCCCCCCCCCCCCC. The summed E-state index contributed by atoms with van der Waals surface area (Å²) in [6.45, 7) is 7.21. The number of unbranched alkanes of at least 4 members (excludes halogenated alkanes) is 48. The predicted octanol–water partition coefficient (Wildman–Crippen LogP) is 22.5. The van der Waals surface area contributed by atoms with Crippen LogP contribution in [0.2, 0.25) is 0 Å². The molecule has 564 valence electrons. The third kappa shape index (κ3) is 70.3. The number of hydrogen-bond acceptors (Lipinski definition) is 15. The minimum Gasteiger partial charge on any atom is -0.462 e. The largest absolute Gasteiger partial charge is 0.472 e. The molecule has 0 saturated carbocycles. The molecule has 95 heavy (non-hydrogen) atoms. The van der Waals surface area contributed by atoms with E-state index in [1.807, 2.05) is 0 Å². The monoisotopic (exact) mass is 1400 g/mol. The highest BCUT2D eigenvalue weighted by Gasteiger charge is 2.30. The molecule has 0 aliphatic heterocycles. The van der Waals surface area contributed by atoms with Crippen LogP contribution in [0, 0.1) is 5.92 Å². The van der Waals surface area contributed by atoms with Crippen molar-refractivity contribution in [2.24, 2.45) is 5.92 Å². The number of rotatable bonds is 76. The van der Waals surface area contributed by atoms with Crippen molar-refractivity contribution in [3.8, 4) is 0 Å².